The van der Waals surface area contributed by atoms with Crippen LogP contribution >= 0.6 is 0 Å². The third-order valence-corrected chi connectivity index (χ3v) is 1.04. The molecule has 1 aromatic rings. The maximum atomic E-state index is 3.63. The minimum atomic E-state index is 0. The number of rotatable bonds is 1. The molecule has 0 N–H and O–H groups in total. The molecule has 0 aliphatic heterocycles. The van der Waals surface area contributed by atoms with E-state index >= 15 is 0 Å². The molecule has 0 saturated carbocycles. The van der Waals surface area contributed by atoms with Gasteiger partial charge in [0.2, 0.25) is 0 Å². The Morgan fingerprint density at radius 2 is 1.78 bits per heavy atom. The van der Waals surface area contributed by atoms with Crippen molar-refractivity contribution in [2.24, 2.45) is 0 Å². The van der Waals surface area contributed by atoms with E-state index in [0.29, 0.717) is 0 Å². The van der Waals surface area contributed by atoms with Crippen LogP contribution in [0.4, 0.5) is 0 Å². The van der Waals surface area contributed by atoms with E-state index < -0.39 is 0 Å². The summed E-state index contributed by atoms with van der Waals surface area (Å²) in [5.41, 5.74) is 1.17. The van der Waals surface area contributed by atoms with Gasteiger partial charge in [-0.25, -0.2) is 0 Å². The standard InChI is InChI=1S/C8H8.Li.H/c1-2-8-6-4-3-5-7-8;;/h2-7H,1H2;;/q;+1;-1. The van der Waals surface area contributed by atoms with Crippen molar-refractivity contribution in [3.63, 3.8) is 0 Å². The molecule has 1 heteroatoms. The first-order valence-corrected chi connectivity index (χ1v) is 2.61. The summed E-state index contributed by atoms with van der Waals surface area (Å²) in [7, 11) is 0. The Labute approximate surface area is 69.3 Å². The first-order chi connectivity index (χ1) is 3.93. The van der Waals surface area contributed by atoms with Crippen molar-refractivity contribution >= 4 is 6.08 Å². The van der Waals surface area contributed by atoms with Crippen molar-refractivity contribution in [3.8, 4) is 0 Å². The van der Waals surface area contributed by atoms with Gasteiger partial charge in [-0.2, -0.15) is 0 Å². The topological polar surface area (TPSA) is 0 Å². The fraction of sp³-hybridized carbons (Fsp3) is 0. The SMILES string of the molecule is C=Cc1ccccc1.[H-].[Li+]. The molecule has 0 fully saturated rings. The van der Waals surface area contributed by atoms with Gasteiger partial charge in [0.15, 0.2) is 0 Å². The second-order valence-electron chi connectivity index (χ2n) is 1.61. The van der Waals surface area contributed by atoms with Crippen LogP contribution < -0.4 is 18.9 Å². The van der Waals surface area contributed by atoms with E-state index in [9.17, 15) is 0 Å². The Morgan fingerprint density at radius 1 is 1.22 bits per heavy atom. The maximum absolute atomic E-state index is 3.63. The van der Waals surface area contributed by atoms with Crippen molar-refractivity contribution in [2.45, 2.75) is 0 Å². The molecule has 0 unspecified atom stereocenters. The van der Waals surface area contributed by atoms with Crippen molar-refractivity contribution in [2.75, 3.05) is 0 Å². The quantitative estimate of drug-likeness (QED) is 0.427. The number of hydrogen-bond donors (Lipinski definition) is 0. The van der Waals surface area contributed by atoms with Gasteiger partial charge in [0, 0.05) is 0 Å². The average Bonchev–Trinajstić information content (AvgIpc) is 1.90. The van der Waals surface area contributed by atoms with E-state index in [1.807, 2.05) is 36.4 Å². The maximum Gasteiger partial charge on any atom is 1.00 e. The normalized spacial score (nSPS) is 7.56. The molecule has 9 heavy (non-hydrogen) atoms. The summed E-state index contributed by atoms with van der Waals surface area (Å²) in [6.07, 6.45) is 1.83. The molecule has 0 aliphatic carbocycles. The van der Waals surface area contributed by atoms with Crippen molar-refractivity contribution in [1.29, 1.82) is 0 Å². The molecular weight excluding hydrogens is 103 g/mol. The van der Waals surface area contributed by atoms with Gasteiger partial charge in [0.1, 0.15) is 0 Å². The van der Waals surface area contributed by atoms with Crippen molar-refractivity contribution in [3.05, 3.63) is 42.5 Å². The molecule has 1 aromatic carbocycles. The molecule has 0 atom stereocenters. The summed E-state index contributed by atoms with van der Waals surface area (Å²) in [5.74, 6) is 0. The van der Waals surface area contributed by atoms with Gasteiger partial charge in [-0.05, 0) is 5.56 Å². The fourth-order valence-corrected chi connectivity index (χ4v) is 0.589. The van der Waals surface area contributed by atoms with E-state index in [1.54, 1.807) is 0 Å². The van der Waals surface area contributed by atoms with Crippen LogP contribution in [0.1, 0.15) is 6.99 Å². The van der Waals surface area contributed by atoms with Gasteiger partial charge in [0.05, 0.1) is 0 Å². The molecule has 1 rings (SSSR count). The van der Waals surface area contributed by atoms with E-state index in [0.717, 1.165) is 0 Å². The largest absolute Gasteiger partial charge is 1.00 e. The Kier molecular flexibility index (Phi) is 4.22. The molecule has 0 radical (unpaired) electrons. The first kappa shape index (κ1) is 8.56. The second kappa shape index (κ2) is 4.44. The second-order valence-corrected chi connectivity index (χ2v) is 1.61. The van der Waals surface area contributed by atoms with Gasteiger partial charge in [-0.15, -0.1) is 0 Å². The van der Waals surface area contributed by atoms with Crippen molar-refractivity contribution < 1.29 is 20.3 Å². The monoisotopic (exact) mass is 112 g/mol. The minimum Gasteiger partial charge on any atom is -1.00 e. The van der Waals surface area contributed by atoms with Crippen LogP contribution in [0.5, 0.6) is 0 Å². The molecule has 0 spiro atoms. The fourth-order valence-electron chi connectivity index (χ4n) is 0.589. The predicted molar refractivity (Wildman–Crippen MR) is 37.6 cm³/mol. The Morgan fingerprint density at radius 3 is 2.11 bits per heavy atom. The minimum absolute atomic E-state index is 0. The summed E-state index contributed by atoms with van der Waals surface area (Å²) >= 11 is 0. The zero-order chi connectivity index (χ0) is 5.82. The van der Waals surface area contributed by atoms with E-state index in [4.69, 9.17) is 0 Å². The summed E-state index contributed by atoms with van der Waals surface area (Å²) in [6.45, 7) is 3.63. The molecule has 0 heterocycles. The molecular formula is C8H9Li. The summed E-state index contributed by atoms with van der Waals surface area (Å²) < 4.78 is 0. The molecule has 0 aromatic heterocycles. The van der Waals surface area contributed by atoms with E-state index in [-0.39, 0.29) is 20.3 Å². The molecule has 0 saturated heterocycles. The van der Waals surface area contributed by atoms with Crippen LogP contribution in [0.15, 0.2) is 36.9 Å². The van der Waals surface area contributed by atoms with Gasteiger partial charge in [-0.3, -0.25) is 0 Å². The smallest absolute Gasteiger partial charge is 1.00 e. The van der Waals surface area contributed by atoms with Crippen molar-refractivity contribution in [1.82, 2.24) is 0 Å². The zero-order valence-corrected chi connectivity index (χ0v) is 5.67. The zero-order valence-electron chi connectivity index (χ0n) is 6.67. The Hall–Kier alpha value is -0.443. The first-order valence-electron chi connectivity index (χ1n) is 2.61. The van der Waals surface area contributed by atoms with Gasteiger partial charge >= 0.3 is 18.9 Å². The molecule has 0 bridgehead atoms. The van der Waals surface area contributed by atoms with Crippen LogP contribution in [0, 0.1) is 0 Å². The Bertz CT molecular complexity index is 172. The molecule has 0 amide bonds. The van der Waals surface area contributed by atoms with Crippen LogP contribution in [0.25, 0.3) is 6.08 Å². The van der Waals surface area contributed by atoms with E-state index in [1.165, 1.54) is 5.56 Å². The summed E-state index contributed by atoms with van der Waals surface area (Å²) in [6, 6.07) is 10.0. The summed E-state index contributed by atoms with van der Waals surface area (Å²) in [5, 5.41) is 0. The third-order valence-electron chi connectivity index (χ3n) is 1.04. The Balaban J connectivity index is 0. The average molecular weight is 112 g/mol. The number of benzene rings is 1. The molecule has 0 nitrogen and oxygen atoms in total. The number of hydrogen-bond acceptors (Lipinski definition) is 0. The van der Waals surface area contributed by atoms with E-state index in [2.05, 4.69) is 6.58 Å². The van der Waals surface area contributed by atoms with Crippen LogP contribution in [0.2, 0.25) is 0 Å². The van der Waals surface area contributed by atoms with Gasteiger partial charge in [-0.1, -0.05) is 43.0 Å². The third kappa shape index (κ3) is 2.56. The van der Waals surface area contributed by atoms with Gasteiger partial charge < -0.3 is 1.43 Å². The molecule has 0 aliphatic rings. The molecule has 42 valence electrons. The van der Waals surface area contributed by atoms with Crippen LogP contribution in [-0.4, -0.2) is 0 Å². The summed E-state index contributed by atoms with van der Waals surface area (Å²) in [4.78, 5) is 0. The van der Waals surface area contributed by atoms with Crippen LogP contribution in [-0.2, 0) is 0 Å². The van der Waals surface area contributed by atoms with Gasteiger partial charge in [0.25, 0.3) is 0 Å². The predicted octanol–water partition coefficient (Wildman–Crippen LogP) is -0.554. The van der Waals surface area contributed by atoms with Crippen LogP contribution in [0.3, 0.4) is 0 Å².